The molecule has 0 aliphatic rings. The Morgan fingerprint density at radius 3 is 2.24 bits per heavy atom. The molecule has 0 aliphatic heterocycles. The van der Waals surface area contributed by atoms with Gasteiger partial charge in [-0.1, -0.05) is 26.8 Å². The molecule has 21 heavy (non-hydrogen) atoms. The molecule has 0 spiro atoms. The minimum absolute atomic E-state index is 0.0901. The molecule has 1 aromatic carbocycles. The molecule has 0 saturated carbocycles. The summed E-state index contributed by atoms with van der Waals surface area (Å²) in [6.07, 6.45) is 0.577. The first-order valence-electron chi connectivity index (χ1n) is 5.89. The van der Waals surface area contributed by atoms with Gasteiger partial charge in [0.15, 0.2) is 5.75 Å². The van der Waals surface area contributed by atoms with Crippen molar-refractivity contribution in [1.82, 2.24) is 0 Å². The van der Waals surface area contributed by atoms with Crippen LogP contribution in [-0.2, 0) is 16.5 Å². The van der Waals surface area contributed by atoms with Gasteiger partial charge in [-0.2, -0.15) is 26.9 Å². The highest BCUT2D eigenvalue weighted by atomic mass is 32.2. The van der Waals surface area contributed by atoms with Gasteiger partial charge in [0.2, 0.25) is 0 Å². The number of halogens is 3. The number of benzene rings is 1. The molecular formula is C13H14F3NO3S. The number of alkyl halides is 3. The average molecular weight is 321 g/mol. The second kappa shape index (κ2) is 5.56. The van der Waals surface area contributed by atoms with Crippen molar-refractivity contribution in [3.05, 3.63) is 29.3 Å². The van der Waals surface area contributed by atoms with Gasteiger partial charge in [-0.25, -0.2) is 0 Å². The maximum Gasteiger partial charge on any atom is 0.534 e. The van der Waals surface area contributed by atoms with E-state index in [1.165, 1.54) is 12.1 Å². The lowest BCUT2D eigenvalue weighted by Crippen LogP contribution is -2.28. The van der Waals surface area contributed by atoms with Crippen LogP contribution < -0.4 is 4.18 Å². The fraction of sp³-hybridized carbons (Fsp3) is 0.462. The molecule has 1 aromatic rings. The highest BCUT2D eigenvalue weighted by Gasteiger charge is 2.48. The predicted molar refractivity (Wildman–Crippen MR) is 69.9 cm³/mol. The van der Waals surface area contributed by atoms with E-state index in [4.69, 9.17) is 5.26 Å². The van der Waals surface area contributed by atoms with Crippen molar-refractivity contribution in [2.75, 3.05) is 0 Å². The van der Waals surface area contributed by atoms with Crippen LogP contribution >= 0.6 is 0 Å². The molecule has 0 aromatic heterocycles. The Balaban J connectivity index is 3.15. The number of rotatable bonds is 3. The molecule has 0 saturated heterocycles. The molecule has 0 aliphatic carbocycles. The third-order valence-corrected chi connectivity index (χ3v) is 3.35. The molecule has 0 amide bonds. The van der Waals surface area contributed by atoms with Crippen LogP contribution in [0.2, 0.25) is 0 Å². The highest BCUT2D eigenvalue weighted by Crippen LogP contribution is 2.30. The van der Waals surface area contributed by atoms with Crippen LogP contribution in [0.4, 0.5) is 13.2 Å². The van der Waals surface area contributed by atoms with Gasteiger partial charge in [-0.05, 0) is 29.5 Å². The number of hydrogen-bond donors (Lipinski definition) is 0. The summed E-state index contributed by atoms with van der Waals surface area (Å²) in [6.45, 7) is 5.87. The lowest BCUT2D eigenvalue weighted by molar-refractivity contribution is -0.0500. The smallest absolute Gasteiger partial charge is 0.375 e. The van der Waals surface area contributed by atoms with Crippen LogP contribution in [0.25, 0.3) is 0 Å². The van der Waals surface area contributed by atoms with E-state index in [-0.39, 0.29) is 11.0 Å². The lowest BCUT2D eigenvalue weighted by atomic mass is 9.88. The van der Waals surface area contributed by atoms with Gasteiger partial charge in [0.05, 0.1) is 5.56 Å². The van der Waals surface area contributed by atoms with E-state index in [2.05, 4.69) is 4.18 Å². The van der Waals surface area contributed by atoms with Crippen molar-refractivity contribution < 1.29 is 25.8 Å². The zero-order valence-corrected chi connectivity index (χ0v) is 12.5. The third kappa shape index (κ3) is 4.63. The lowest BCUT2D eigenvalue weighted by Gasteiger charge is -2.18. The Morgan fingerprint density at radius 1 is 1.24 bits per heavy atom. The second-order valence-corrected chi connectivity index (χ2v) is 7.20. The fourth-order valence-corrected chi connectivity index (χ4v) is 2.10. The van der Waals surface area contributed by atoms with Crippen molar-refractivity contribution in [1.29, 1.82) is 5.26 Å². The Bertz CT molecular complexity index is 667. The van der Waals surface area contributed by atoms with Crippen LogP contribution in [0.1, 0.15) is 31.9 Å². The monoisotopic (exact) mass is 321 g/mol. The summed E-state index contributed by atoms with van der Waals surface area (Å²) < 4.78 is 62.7. The van der Waals surface area contributed by atoms with E-state index in [0.29, 0.717) is 12.0 Å². The predicted octanol–water partition coefficient (Wildman–Crippen LogP) is 3.38. The van der Waals surface area contributed by atoms with E-state index < -0.39 is 21.4 Å². The van der Waals surface area contributed by atoms with Gasteiger partial charge in [0, 0.05) is 0 Å². The molecule has 0 heterocycles. The number of hydrogen-bond acceptors (Lipinski definition) is 4. The quantitative estimate of drug-likeness (QED) is 0.632. The summed E-state index contributed by atoms with van der Waals surface area (Å²) >= 11 is 0. The molecular weight excluding hydrogens is 307 g/mol. The van der Waals surface area contributed by atoms with Crippen LogP contribution in [-0.4, -0.2) is 13.9 Å². The van der Waals surface area contributed by atoms with Gasteiger partial charge in [-0.15, -0.1) is 0 Å². The van der Waals surface area contributed by atoms with E-state index in [0.717, 1.165) is 6.07 Å². The zero-order valence-electron chi connectivity index (χ0n) is 11.7. The first-order valence-corrected chi connectivity index (χ1v) is 7.30. The Kier molecular flexibility index (Phi) is 4.58. The molecule has 0 radical (unpaired) electrons. The topological polar surface area (TPSA) is 67.2 Å². The van der Waals surface area contributed by atoms with Crippen LogP contribution in [0.15, 0.2) is 18.2 Å². The summed E-state index contributed by atoms with van der Waals surface area (Å²) in [7, 11) is -5.78. The van der Waals surface area contributed by atoms with Gasteiger partial charge < -0.3 is 4.18 Å². The van der Waals surface area contributed by atoms with Gasteiger partial charge >= 0.3 is 15.6 Å². The third-order valence-electron chi connectivity index (χ3n) is 2.38. The summed E-state index contributed by atoms with van der Waals surface area (Å²) in [5, 5.41) is 8.93. The Morgan fingerprint density at radius 2 is 1.81 bits per heavy atom. The summed E-state index contributed by atoms with van der Waals surface area (Å²) in [4.78, 5) is 0. The van der Waals surface area contributed by atoms with E-state index in [1.54, 1.807) is 6.07 Å². The number of nitriles is 1. The Hall–Kier alpha value is -1.75. The fourth-order valence-electron chi connectivity index (χ4n) is 1.62. The van der Waals surface area contributed by atoms with E-state index in [9.17, 15) is 21.6 Å². The first kappa shape index (κ1) is 17.3. The molecule has 0 fully saturated rings. The van der Waals surface area contributed by atoms with Gasteiger partial charge in [0.25, 0.3) is 0 Å². The normalized spacial score (nSPS) is 12.8. The van der Waals surface area contributed by atoms with E-state index in [1.807, 2.05) is 20.8 Å². The van der Waals surface area contributed by atoms with E-state index >= 15 is 0 Å². The van der Waals surface area contributed by atoms with Crippen molar-refractivity contribution in [2.24, 2.45) is 5.41 Å². The molecule has 0 unspecified atom stereocenters. The van der Waals surface area contributed by atoms with Crippen molar-refractivity contribution in [2.45, 2.75) is 32.7 Å². The van der Waals surface area contributed by atoms with Crippen molar-refractivity contribution >= 4 is 10.1 Å². The molecule has 1 rings (SSSR count). The van der Waals surface area contributed by atoms with Crippen LogP contribution in [0.5, 0.6) is 5.75 Å². The minimum Gasteiger partial charge on any atom is -0.375 e. The summed E-state index contributed by atoms with van der Waals surface area (Å²) in [6, 6.07) is 5.46. The largest absolute Gasteiger partial charge is 0.534 e. The van der Waals surface area contributed by atoms with Crippen molar-refractivity contribution in [3.8, 4) is 11.8 Å². The first-order chi connectivity index (χ1) is 9.36. The number of nitrogens with zero attached hydrogens (tertiary/aromatic N) is 1. The second-order valence-electron chi connectivity index (χ2n) is 5.66. The minimum atomic E-state index is -5.78. The highest BCUT2D eigenvalue weighted by molar-refractivity contribution is 7.88. The molecule has 0 bridgehead atoms. The maximum atomic E-state index is 12.3. The summed E-state index contributed by atoms with van der Waals surface area (Å²) in [5.74, 6) is -0.632. The van der Waals surface area contributed by atoms with Gasteiger partial charge in [0.1, 0.15) is 6.07 Å². The molecule has 8 heteroatoms. The molecule has 0 atom stereocenters. The van der Waals surface area contributed by atoms with Gasteiger partial charge in [-0.3, -0.25) is 0 Å². The van der Waals surface area contributed by atoms with Crippen LogP contribution in [0, 0.1) is 16.7 Å². The standard InChI is InChI=1S/C13H14F3NO3S/c1-12(2,3)7-9-4-5-11(10(6-9)8-17)20-21(18,19)13(14,15)16/h4-6H,7H2,1-3H3. The maximum absolute atomic E-state index is 12.3. The SMILES string of the molecule is CC(C)(C)Cc1ccc(OS(=O)(=O)C(F)(F)F)c(C#N)c1. The average Bonchev–Trinajstić information content (AvgIpc) is 2.27. The summed E-state index contributed by atoms with van der Waals surface area (Å²) in [5.41, 5.74) is -5.18. The molecule has 116 valence electrons. The van der Waals surface area contributed by atoms with Crippen LogP contribution in [0.3, 0.4) is 0 Å². The Labute approximate surface area is 121 Å². The molecule has 4 nitrogen and oxygen atoms in total. The zero-order chi connectivity index (χ0) is 16.5. The van der Waals surface area contributed by atoms with Crippen molar-refractivity contribution in [3.63, 3.8) is 0 Å². The molecule has 0 N–H and O–H groups in total.